The number of piperidine rings is 1. The molecular weight excluding hydrogens is 290 g/mol. The molecular formula is C23H31N. The van der Waals surface area contributed by atoms with Crippen LogP contribution in [0.15, 0.2) is 54.6 Å². The summed E-state index contributed by atoms with van der Waals surface area (Å²) in [4.78, 5) is 2.61. The number of benzene rings is 2. The van der Waals surface area contributed by atoms with Crippen LogP contribution in [-0.4, -0.2) is 18.0 Å². The van der Waals surface area contributed by atoms with E-state index < -0.39 is 0 Å². The Bertz CT molecular complexity index is 613. The van der Waals surface area contributed by atoms with E-state index in [4.69, 9.17) is 0 Å². The van der Waals surface area contributed by atoms with Gasteiger partial charge in [0.2, 0.25) is 0 Å². The van der Waals surface area contributed by atoms with Crippen molar-refractivity contribution in [2.45, 2.75) is 52.0 Å². The third-order valence-electron chi connectivity index (χ3n) is 5.30. The molecule has 1 aliphatic heterocycles. The second-order valence-corrected chi connectivity index (χ2v) is 8.36. The monoisotopic (exact) mass is 321 g/mol. The van der Waals surface area contributed by atoms with E-state index in [1.807, 2.05) is 0 Å². The predicted molar refractivity (Wildman–Crippen MR) is 103 cm³/mol. The lowest BCUT2D eigenvalue weighted by Gasteiger charge is -2.32. The number of hydrogen-bond acceptors (Lipinski definition) is 1. The van der Waals surface area contributed by atoms with Crippen LogP contribution < -0.4 is 0 Å². The largest absolute Gasteiger partial charge is 0.299 e. The molecule has 1 nitrogen and oxygen atoms in total. The van der Waals surface area contributed by atoms with Crippen LogP contribution in [0.3, 0.4) is 0 Å². The summed E-state index contributed by atoms with van der Waals surface area (Å²) in [7, 11) is 0. The second-order valence-electron chi connectivity index (χ2n) is 8.36. The summed E-state index contributed by atoms with van der Waals surface area (Å²) in [6, 6.07) is 20.2. The Labute approximate surface area is 147 Å². The minimum absolute atomic E-state index is 0.251. The normalized spacial score (nSPS) is 17.1. The van der Waals surface area contributed by atoms with E-state index in [-0.39, 0.29) is 5.41 Å². The summed E-state index contributed by atoms with van der Waals surface area (Å²) < 4.78 is 0. The molecule has 0 amide bonds. The summed E-state index contributed by atoms with van der Waals surface area (Å²) in [6.07, 6.45) is 3.89. The van der Waals surface area contributed by atoms with E-state index in [9.17, 15) is 0 Å². The Balaban J connectivity index is 1.48. The minimum atomic E-state index is 0.251. The summed E-state index contributed by atoms with van der Waals surface area (Å²) in [5.74, 6) is 0.845. The summed E-state index contributed by atoms with van der Waals surface area (Å²) in [5, 5.41) is 0. The molecule has 1 fully saturated rings. The van der Waals surface area contributed by atoms with Gasteiger partial charge >= 0.3 is 0 Å². The van der Waals surface area contributed by atoms with Gasteiger partial charge in [0.15, 0.2) is 0 Å². The molecule has 3 rings (SSSR count). The fourth-order valence-electron chi connectivity index (χ4n) is 3.66. The SMILES string of the molecule is CC(C)(C)c1ccc(CC2CCN(Cc3ccccc3)CC2)cc1. The molecule has 0 radical (unpaired) electrons. The van der Waals surface area contributed by atoms with Gasteiger partial charge in [0.25, 0.3) is 0 Å². The Morgan fingerprint density at radius 1 is 0.833 bits per heavy atom. The second kappa shape index (κ2) is 7.53. The molecule has 0 unspecified atom stereocenters. The van der Waals surface area contributed by atoms with Crippen molar-refractivity contribution in [3.63, 3.8) is 0 Å². The van der Waals surface area contributed by atoms with Gasteiger partial charge in [0.05, 0.1) is 0 Å². The highest BCUT2D eigenvalue weighted by Crippen LogP contribution is 2.26. The third-order valence-corrected chi connectivity index (χ3v) is 5.30. The molecule has 0 aromatic heterocycles. The molecule has 1 saturated heterocycles. The number of hydrogen-bond donors (Lipinski definition) is 0. The molecule has 1 heterocycles. The molecule has 24 heavy (non-hydrogen) atoms. The van der Waals surface area contributed by atoms with Crippen LogP contribution >= 0.6 is 0 Å². The van der Waals surface area contributed by atoms with Gasteiger partial charge in [-0.2, -0.15) is 0 Å². The summed E-state index contributed by atoms with van der Waals surface area (Å²) in [6.45, 7) is 10.4. The maximum atomic E-state index is 2.61. The molecule has 2 aromatic carbocycles. The van der Waals surface area contributed by atoms with Gasteiger partial charge in [0, 0.05) is 6.54 Å². The Morgan fingerprint density at radius 2 is 1.46 bits per heavy atom. The van der Waals surface area contributed by atoms with Gasteiger partial charge in [-0.3, -0.25) is 4.90 Å². The van der Waals surface area contributed by atoms with E-state index in [1.165, 1.54) is 49.0 Å². The Morgan fingerprint density at radius 3 is 2.04 bits per heavy atom. The van der Waals surface area contributed by atoms with Crippen LogP contribution in [0.2, 0.25) is 0 Å². The third kappa shape index (κ3) is 4.70. The van der Waals surface area contributed by atoms with Gasteiger partial charge < -0.3 is 0 Å². The Hall–Kier alpha value is -1.60. The number of nitrogens with zero attached hydrogens (tertiary/aromatic N) is 1. The van der Waals surface area contributed by atoms with Crippen molar-refractivity contribution < 1.29 is 0 Å². The molecule has 1 aliphatic rings. The van der Waals surface area contributed by atoms with Gasteiger partial charge in [-0.25, -0.2) is 0 Å². The molecule has 1 heteroatoms. The fourth-order valence-corrected chi connectivity index (χ4v) is 3.66. The zero-order chi connectivity index (χ0) is 17.0. The van der Waals surface area contributed by atoms with Crippen molar-refractivity contribution in [2.75, 3.05) is 13.1 Å². The van der Waals surface area contributed by atoms with Crippen molar-refractivity contribution in [1.29, 1.82) is 0 Å². The first-order chi connectivity index (χ1) is 11.5. The van der Waals surface area contributed by atoms with Crippen LogP contribution in [-0.2, 0) is 18.4 Å². The highest BCUT2D eigenvalue weighted by atomic mass is 15.1. The molecule has 2 aromatic rings. The molecule has 128 valence electrons. The van der Waals surface area contributed by atoms with Crippen LogP contribution in [0.5, 0.6) is 0 Å². The van der Waals surface area contributed by atoms with Crippen molar-refractivity contribution in [3.05, 3.63) is 71.3 Å². The highest BCUT2D eigenvalue weighted by Gasteiger charge is 2.20. The lowest BCUT2D eigenvalue weighted by molar-refractivity contribution is 0.177. The zero-order valence-electron chi connectivity index (χ0n) is 15.5. The van der Waals surface area contributed by atoms with Crippen molar-refractivity contribution in [2.24, 2.45) is 5.92 Å². The van der Waals surface area contributed by atoms with Crippen molar-refractivity contribution >= 4 is 0 Å². The first-order valence-corrected chi connectivity index (χ1v) is 9.36. The average molecular weight is 322 g/mol. The highest BCUT2D eigenvalue weighted by molar-refractivity contribution is 5.27. The maximum absolute atomic E-state index is 2.61. The summed E-state index contributed by atoms with van der Waals surface area (Å²) >= 11 is 0. The topological polar surface area (TPSA) is 3.24 Å². The van der Waals surface area contributed by atoms with E-state index in [0.717, 1.165) is 12.5 Å². The van der Waals surface area contributed by atoms with E-state index in [2.05, 4.69) is 80.3 Å². The van der Waals surface area contributed by atoms with Crippen LogP contribution in [0, 0.1) is 5.92 Å². The van der Waals surface area contributed by atoms with Crippen molar-refractivity contribution in [3.8, 4) is 0 Å². The summed E-state index contributed by atoms with van der Waals surface area (Å²) in [5.41, 5.74) is 4.63. The standard InChI is InChI=1S/C23H31N/c1-23(2,3)22-11-9-19(10-12-22)17-20-13-15-24(16-14-20)18-21-7-5-4-6-8-21/h4-12,20H,13-18H2,1-3H3. The first kappa shape index (κ1) is 17.2. The molecule has 0 atom stereocenters. The lowest BCUT2D eigenvalue weighted by Crippen LogP contribution is -2.33. The molecule has 0 spiro atoms. The molecule has 0 saturated carbocycles. The maximum Gasteiger partial charge on any atom is 0.0233 e. The van der Waals surface area contributed by atoms with Gasteiger partial charge in [0.1, 0.15) is 0 Å². The number of rotatable bonds is 4. The van der Waals surface area contributed by atoms with Gasteiger partial charge in [-0.1, -0.05) is 75.4 Å². The van der Waals surface area contributed by atoms with Crippen molar-refractivity contribution in [1.82, 2.24) is 4.90 Å². The van der Waals surface area contributed by atoms with Gasteiger partial charge in [-0.15, -0.1) is 0 Å². The smallest absolute Gasteiger partial charge is 0.0233 e. The quantitative estimate of drug-likeness (QED) is 0.725. The predicted octanol–water partition coefficient (Wildman–Crippen LogP) is 5.44. The fraction of sp³-hybridized carbons (Fsp3) is 0.478. The lowest BCUT2D eigenvalue weighted by atomic mass is 9.85. The average Bonchev–Trinajstić information content (AvgIpc) is 2.57. The van der Waals surface area contributed by atoms with Crippen LogP contribution in [0.25, 0.3) is 0 Å². The van der Waals surface area contributed by atoms with E-state index >= 15 is 0 Å². The zero-order valence-corrected chi connectivity index (χ0v) is 15.5. The molecule has 0 N–H and O–H groups in total. The van der Waals surface area contributed by atoms with Crippen LogP contribution in [0.1, 0.15) is 50.3 Å². The number of likely N-dealkylation sites (tertiary alicyclic amines) is 1. The first-order valence-electron chi connectivity index (χ1n) is 9.36. The molecule has 0 aliphatic carbocycles. The van der Waals surface area contributed by atoms with Gasteiger partial charge in [-0.05, 0) is 60.4 Å². The van der Waals surface area contributed by atoms with E-state index in [0.29, 0.717) is 0 Å². The Kier molecular flexibility index (Phi) is 5.40. The van der Waals surface area contributed by atoms with Crippen LogP contribution in [0.4, 0.5) is 0 Å². The molecule has 0 bridgehead atoms. The van der Waals surface area contributed by atoms with E-state index in [1.54, 1.807) is 0 Å². The minimum Gasteiger partial charge on any atom is -0.299 e.